The molecular formula is C10H10N4O. The van der Waals surface area contributed by atoms with E-state index < -0.39 is 5.91 Å². The second-order valence-electron chi connectivity index (χ2n) is 3.09. The van der Waals surface area contributed by atoms with E-state index in [9.17, 15) is 4.79 Å². The Labute approximate surface area is 86.1 Å². The summed E-state index contributed by atoms with van der Waals surface area (Å²) < 4.78 is 0. The quantitative estimate of drug-likeness (QED) is 0.355. The van der Waals surface area contributed by atoms with Gasteiger partial charge in [0.2, 0.25) is 0 Å². The minimum absolute atomic E-state index is 0.216. The number of rotatable bonds is 1. The van der Waals surface area contributed by atoms with Gasteiger partial charge in [0.1, 0.15) is 5.69 Å². The Bertz CT molecular complexity index is 524. The molecule has 1 aromatic heterocycles. The van der Waals surface area contributed by atoms with Crippen LogP contribution in [0.15, 0.2) is 30.3 Å². The molecule has 0 saturated carbocycles. The van der Waals surface area contributed by atoms with Crippen molar-refractivity contribution in [3.63, 3.8) is 0 Å². The van der Waals surface area contributed by atoms with Crippen molar-refractivity contribution >= 4 is 22.5 Å². The number of nitrogens with two attached hydrogens (primary N) is 2. The number of aromatic nitrogens is 1. The third-order valence-electron chi connectivity index (χ3n) is 2.11. The topological polar surface area (TPSA) is 94.0 Å². The van der Waals surface area contributed by atoms with Crippen molar-refractivity contribution in [2.45, 2.75) is 0 Å². The second-order valence-corrected chi connectivity index (χ2v) is 3.09. The van der Waals surface area contributed by atoms with Gasteiger partial charge in [0, 0.05) is 11.1 Å². The van der Waals surface area contributed by atoms with E-state index in [-0.39, 0.29) is 5.69 Å². The van der Waals surface area contributed by atoms with Crippen molar-refractivity contribution in [1.29, 1.82) is 0 Å². The van der Waals surface area contributed by atoms with Crippen LogP contribution < -0.4 is 17.0 Å². The smallest absolute Gasteiger partial charge is 0.283 e. The van der Waals surface area contributed by atoms with Crippen molar-refractivity contribution in [1.82, 2.24) is 10.4 Å². The Kier molecular flexibility index (Phi) is 2.23. The Balaban J connectivity index is 2.67. The predicted molar refractivity (Wildman–Crippen MR) is 57.8 cm³/mol. The van der Waals surface area contributed by atoms with E-state index in [1.54, 1.807) is 6.07 Å². The largest absolute Gasteiger partial charge is 0.398 e. The molecule has 5 heteroatoms. The van der Waals surface area contributed by atoms with Crippen LogP contribution >= 0.6 is 0 Å². The zero-order chi connectivity index (χ0) is 10.8. The van der Waals surface area contributed by atoms with Crippen LogP contribution in [-0.4, -0.2) is 10.9 Å². The van der Waals surface area contributed by atoms with E-state index in [0.717, 1.165) is 5.39 Å². The fraction of sp³-hybridized carbons (Fsp3) is 0. The number of carbonyl (C=O) groups excluding carboxylic acids is 1. The highest BCUT2D eigenvalue weighted by Crippen LogP contribution is 2.19. The summed E-state index contributed by atoms with van der Waals surface area (Å²) in [6, 6.07) is 8.84. The number of carbonyl (C=O) groups is 1. The molecule has 15 heavy (non-hydrogen) atoms. The molecule has 5 N–H and O–H groups in total. The fourth-order valence-electron chi connectivity index (χ4n) is 1.39. The van der Waals surface area contributed by atoms with Gasteiger partial charge in [0.05, 0.1) is 5.52 Å². The van der Waals surface area contributed by atoms with Gasteiger partial charge in [-0.2, -0.15) is 0 Å². The third kappa shape index (κ3) is 1.60. The average molecular weight is 202 g/mol. The second kappa shape index (κ2) is 3.55. The number of hydrazine groups is 1. The van der Waals surface area contributed by atoms with Crippen LogP contribution in [0, 0.1) is 0 Å². The molecule has 1 amide bonds. The Morgan fingerprint density at radius 1 is 1.33 bits per heavy atom. The molecule has 2 aromatic rings. The Morgan fingerprint density at radius 3 is 2.80 bits per heavy atom. The molecule has 0 radical (unpaired) electrons. The highest BCUT2D eigenvalue weighted by atomic mass is 16.2. The highest BCUT2D eigenvalue weighted by molar-refractivity contribution is 5.98. The summed E-state index contributed by atoms with van der Waals surface area (Å²) in [7, 11) is 0. The molecule has 0 unspecified atom stereocenters. The number of hydrogen-bond donors (Lipinski definition) is 3. The van der Waals surface area contributed by atoms with Crippen molar-refractivity contribution < 1.29 is 4.79 Å². The number of amides is 1. The molecule has 0 fully saturated rings. The normalized spacial score (nSPS) is 10.2. The molecule has 2 rings (SSSR count). The average Bonchev–Trinajstić information content (AvgIpc) is 2.28. The molecule has 0 atom stereocenters. The Hall–Kier alpha value is -2.14. The number of nitrogens with zero attached hydrogens (tertiary/aromatic N) is 1. The van der Waals surface area contributed by atoms with Crippen LogP contribution in [-0.2, 0) is 0 Å². The zero-order valence-corrected chi connectivity index (χ0v) is 7.90. The third-order valence-corrected chi connectivity index (χ3v) is 2.11. The minimum atomic E-state index is -0.451. The van der Waals surface area contributed by atoms with Crippen molar-refractivity contribution in [2.75, 3.05) is 5.73 Å². The summed E-state index contributed by atoms with van der Waals surface area (Å²) in [5.74, 6) is 4.57. The van der Waals surface area contributed by atoms with Crippen LogP contribution in [0.25, 0.3) is 10.9 Å². The fourth-order valence-corrected chi connectivity index (χ4v) is 1.39. The molecule has 1 aromatic carbocycles. The molecular weight excluding hydrogens is 192 g/mol. The number of pyridine rings is 1. The SMILES string of the molecule is NNC(=O)c1cc(N)c2ccccc2n1. The van der Waals surface area contributed by atoms with E-state index in [4.69, 9.17) is 11.6 Å². The van der Waals surface area contributed by atoms with E-state index >= 15 is 0 Å². The molecule has 0 aliphatic heterocycles. The van der Waals surface area contributed by atoms with E-state index in [1.807, 2.05) is 23.6 Å². The van der Waals surface area contributed by atoms with Gasteiger partial charge in [-0.25, -0.2) is 10.8 Å². The predicted octanol–water partition coefficient (Wildman–Crippen LogP) is 0.420. The first-order valence-electron chi connectivity index (χ1n) is 4.38. The zero-order valence-electron chi connectivity index (χ0n) is 7.90. The van der Waals surface area contributed by atoms with Gasteiger partial charge in [-0.05, 0) is 12.1 Å². The molecule has 76 valence electrons. The number of fused-ring (bicyclic) bond motifs is 1. The lowest BCUT2D eigenvalue weighted by atomic mass is 10.1. The van der Waals surface area contributed by atoms with Crippen LogP contribution in [0.4, 0.5) is 5.69 Å². The van der Waals surface area contributed by atoms with Crippen LogP contribution in [0.3, 0.4) is 0 Å². The lowest BCUT2D eigenvalue weighted by molar-refractivity contribution is 0.0949. The summed E-state index contributed by atoms with van der Waals surface area (Å²) in [6.45, 7) is 0. The van der Waals surface area contributed by atoms with Gasteiger partial charge < -0.3 is 5.73 Å². The summed E-state index contributed by atoms with van der Waals surface area (Å²) in [4.78, 5) is 15.4. The maximum Gasteiger partial charge on any atom is 0.283 e. The molecule has 0 bridgehead atoms. The summed E-state index contributed by atoms with van der Waals surface area (Å²) >= 11 is 0. The van der Waals surface area contributed by atoms with Gasteiger partial charge in [-0.15, -0.1) is 0 Å². The van der Waals surface area contributed by atoms with Crippen LogP contribution in [0.1, 0.15) is 10.5 Å². The van der Waals surface area contributed by atoms with Crippen molar-refractivity contribution in [2.24, 2.45) is 5.84 Å². The maximum atomic E-state index is 11.3. The Morgan fingerprint density at radius 2 is 2.07 bits per heavy atom. The van der Waals surface area contributed by atoms with E-state index in [0.29, 0.717) is 11.2 Å². The first kappa shape index (κ1) is 9.42. The summed E-state index contributed by atoms with van der Waals surface area (Å²) in [6.07, 6.45) is 0. The number of para-hydroxylation sites is 1. The number of anilines is 1. The molecule has 0 saturated heterocycles. The van der Waals surface area contributed by atoms with Crippen molar-refractivity contribution in [3.05, 3.63) is 36.0 Å². The van der Waals surface area contributed by atoms with Gasteiger partial charge in [0.25, 0.3) is 5.91 Å². The summed E-state index contributed by atoms with van der Waals surface area (Å²) in [5, 5.41) is 0.825. The lowest BCUT2D eigenvalue weighted by Crippen LogP contribution is -2.30. The molecule has 1 heterocycles. The van der Waals surface area contributed by atoms with Gasteiger partial charge in [0.15, 0.2) is 0 Å². The minimum Gasteiger partial charge on any atom is -0.398 e. The van der Waals surface area contributed by atoms with E-state index in [1.165, 1.54) is 6.07 Å². The standard InChI is InChI=1S/C10H10N4O/c11-7-5-9(10(15)14-12)13-8-4-2-1-3-6(7)8/h1-5H,12H2,(H2,11,13)(H,14,15). The molecule has 0 spiro atoms. The number of nitrogens with one attached hydrogen (secondary N) is 1. The highest BCUT2D eigenvalue weighted by Gasteiger charge is 2.08. The van der Waals surface area contributed by atoms with Crippen LogP contribution in [0.5, 0.6) is 0 Å². The number of benzene rings is 1. The lowest BCUT2D eigenvalue weighted by Gasteiger charge is -2.04. The molecule has 5 nitrogen and oxygen atoms in total. The number of nitrogen functional groups attached to an aromatic ring is 2. The van der Waals surface area contributed by atoms with Gasteiger partial charge in [-0.3, -0.25) is 10.2 Å². The van der Waals surface area contributed by atoms with E-state index in [2.05, 4.69) is 4.98 Å². The van der Waals surface area contributed by atoms with Gasteiger partial charge >= 0.3 is 0 Å². The van der Waals surface area contributed by atoms with Gasteiger partial charge in [-0.1, -0.05) is 18.2 Å². The van der Waals surface area contributed by atoms with Crippen LogP contribution in [0.2, 0.25) is 0 Å². The monoisotopic (exact) mass is 202 g/mol. The molecule has 0 aliphatic rings. The summed E-state index contributed by atoms with van der Waals surface area (Å²) in [5.41, 5.74) is 9.21. The molecule has 0 aliphatic carbocycles. The maximum absolute atomic E-state index is 11.3. The first-order chi connectivity index (χ1) is 7.22. The first-order valence-corrected chi connectivity index (χ1v) is 4.38. The van der Waals surface area contributed by atoms with Crippen molar-refractivity contribution in [3.8, 4) is 0 Å². The number of hydrogen-bond acceptors (Lipinski definition) is 4.